The molecule has 110 valence electrons. The topological polar surface area (TPSA) is 84.2 Å². The van der Waals surface area contributed by atoms with Gasteiger partial charge < -0.3 is 16.4 Å². The van der Waals surface area contributed by atoms with E-state index in [0.29, 0.717) is 32.5 Å². The number of rotatable bonds is 8. The number of hydrogen-bond acceptors (Lipinski definition) is 3. The molecule has 5 nitrogen and oxygen atoms in total. The third kappa shape index (κ3) is 5.84. The Bertz CT molecular complexity index is 420. The van der Waals surface area contributed by atoms with E-state index in [2.05, 4.69) is 10.6 Å². The molecular formula is C15H23N3O2. The summed E-state index contributed by atoms with van der Waals surface area (Å²) >= 11 is 0. The van der Waals surface area contributed by atoms with E-state index in [4.69, 9.17) is 5.73 Å². The second-order valence-corrected chi connectivity index (χ2v) is 4.62. The van der Waals surface area contributed by atoms with Crippen LogP contribution in [0.15, 0.2) is 30.3 Å². The van der Waals surface area contributed by atoms with Crippen LogP contribution in [0.1, 0.15) is 18.9 Å². The molecule has 1 aromatic rings. The molecule has 1 rings (SSSR count). The van der Waals surface area contributed by atoms with Crippen LogP contribution in [0, 0.1) is 5.92 Å². The number of benzene rings is 1. The van der Waals surface area contributed by atoms with Gasteiger partial charge in [0.05, 0.1) is 5.92 Å². The van der Waals surface area contributed by atoms with E-state index in [1.807, 2.05) is 37.3 Å². The van der Waals surface area contributed by atoms with Gasteiger partial charge in [-0.3, -0.25) is 9.59 Å². The Morgan fingerprint density at radius 1 is 1.20 bits per heavy atom. The summed E-state index contributed by atoms with van der Waals surface area (Å²) in [5.74, 6) is -0.410. The van der Waals surface area contributed by atoms with Crippen molar-refractivity contribution in [3.8, 4) is 0 Å². The highest BCUT2D eigenvalue weighted by atomic mass is 16.2. The van der Waals surface area contributed by atoms with Crippen LogP contribution in [-0.2, 0) is 16.0 Å². The molecule has 0 spiro atoms. The summed E-state index contributed by atoms with van der Waals surface area (Å²) in [6.45, 7) is 3.10. The van der Waals surface area contributed by atoms with E-state index in [0.717, 1.165) is 5.56 Å². The molecule has 2 amide bonds. The molecule has 4 N–H and O–H groups in total. The van der Waals surface area contributed by atoms with Gasteiger partial charge in [0.25, 0.3) is 0 Å². The van der Waals surface area contributed by atoms with Crippen molar-refractivity contribution < 1.29 is 9.59 Å². The third-order valence-electron chi connectivity index (χ3n) is 3.01. The van der Waals surface area contributed by atoms with Crippen molar-refractivity contribution in [2.45, 2.75) is 19.8 Å². The van der Waals surface area contributed by atoms with Crippen LogP contribution < -0.4 is 16.4 Å². The number of nitrogens with one attached hydrogen (secondary N) is 2. The normalized spacial score (nSPS) is 11.7. The first-order chi connectivity index (χ1) is 9.67. The first kappa shape index (κ1) is 16.2. The molecule has 20 heavy (non-hydrogen) atoms. The maximum atomic E-state index is 12.0. The second-order valence-electron chi connectivity index (χ2n) is 4.62. The predicted octanol–water partition coefficient (Wildman–Crippen LogP) is 0.446. The quantitative estimate of drug-likeness (QED) is 0.645. The van der Waals surface area contributed by atoms with Crippen LogP contribution in [0.5, 0.6) is 0 Å². The van der Waals surface area contributed by atoms with Gasteiger partial charge in [0.1, 0.15) is 0 Å². The first-order valence-electron chi connectivity index (χ1n) is 6.95. The number of nitrogens with two attached hydrogens (primary N) is 1. The molecule has 0 heterocycles. The van der Waals surface area contributed by atoms with Gasteiger partial charge in [-0.15, -0.1) is 0 Å². The average molecular weight is 277 g/mol. The van der Waals surface area contributed by atoms with Gasteiger partial charge in [0.2, 0.25) is 11.8 Å². The minimum atomic E-state index is -0.258. The molecule has 1 unspecified atom stereocenters. The standard InChI is InChI=1S/C15H23N3O2/c1-2-17-14(19)8-9-18-15(20)13(11-16)10-12-6-4-3-5-7-12/h3-7,13H,2,8-11,16H2,1H3,(H,17,19)(H,18,20). The summed E-state index contributed by atoms with van der Waals surface area (Å²) in [7, 11) is 0. The SMILES string of the molecule is CCNC(=O)CCNC(=O)C(CN)Cc1ccccc1. The predicted molar refractivity (Wildman–Crippen MR) is 79.0 cm³/mol. The Hall–Kier alpha value is -1.88. The Morgan fingerprint density at radius 2 is 1.90 bits per heavy atom. The lowest BCUT2D eigenvalue weighted by molar-refractivity contribution is -0.125. The summed E-state index contributed by atoms with van der Waals surface area (Å²) in [4.78, 5) is 23.3. The van der Waals surface area contributed by atoms with Crippen molar-refractivity contribution in [3.63, 3.8) is 0 Å². The van der Waals surface area contributed by atoms with E-state index >= 15 is 0 Å². The minimum absolute atomic E-state index is 0.0554. The number of carbonyl (C=O) groups excluding carboxylic acids is 2. The van der Waals surface area contributed by atoms with Gasteiger partial charge >= 0.3 is 0 Å². The fourth-order valence-electron chi connectivity index (χ4n) is 1.91. The molecule has 0 saturated heterocycles. The number of amides is 2. The monoisotopic (exact) mass is 277 g/mol. The highest BCUT2D eigenvalue weighted by Crippen LogP contribution is 2.07. The Kier molecular flexibility index (Phi) is 7.35. The fraction of sp³-hybridized carbons (Fsp3) is 0.467. The van der Waals surface area contributed by atoms with Crippen LogP contribution in [-0.4, -0.2) is 31.4 Å². The summed E-state index contributed by atoms with van der Waals surface area (Å²) < 4.78 is 0. The summed E-state index contributed by atoms with van der Waals surface area (Å²) in [6.07, 6.45) is 0.909. The Labute approximate surface area is 119 Å². The molecule has 0 radical (unpaired) electrons. The second kappa shape index (κ2) is 9.09. The van der Waals surface area contributed by atoms with E-state index < -0.39 is 0 Å². The third-order valence-corrected chi connectivity index (χ3v) is 3.01. The van der Waals surface area contributed by atoms with E-state index in [1.165, 1.54) is 0 Å². The van der Waals surface area contributed by atoms with E-state index in [-0.39, 0.29) is 17.7 Å². The first-order valence-corrected chi connectivity index (χ1v) is 6.95. The maximum Gasteiger partial charge on any atom is 0.224 e. The van der Waals surface area contributed by atoms with E-state index in [9.17, 15) is 9.59 Å². The zero-order chi connectivity index (χ0) is 14.8. The van der Waals surface area contributed by atoms with Crippen molar-refractivity contribution in [2.24, 2.45) is 11.7 Å². The van der Waals surface area contributed by atoms with Crippen molar-refractivity contribution in [3.05, 3.63) is 35.9 Å². The van der Waals surface area contributed by atoms with Gasteiger partial charge in [-0.1, -0.05) is 30.3 Å². The molecule has 0 aliphatic carbocycles. The molecule has 1 atom stereocenters. The lowest BCUT2D eigenvalue weighted by Crippen LogP contribution is -2.38. The fourth-order valence-corrected chi connectivity index (χ4v) is 1.91. The van der Waals surface area contributed by atoms with Crippen molar-refractivity contribution >= 4 is 11.8 Å². The highest BCUT2D eigenvalue weighted by molar-refractivity contribution is 5.80. The summed E-state index contributed by atoms with van der Waals surface area (Å²) in [5, 5.41) is 5.45. The van der Waals surface area contributed by atoms with Gasteiger partial charge in [0.15, 0.2) is 0 Å². The van der Waals surface area contributed by atoms with Crippen molar-refractivity contribution in [1.82, 2.24) is 10.6 Å². The van der Waals surface area contributed by atoms with Gasteiger partial charge in [-0.05, 0) is 18.9 Å². The zero-order valence-corrected chi connectivity index (χ0v) is 11.9. The van der Waals surface area contributed by atoms with Crippen molar-refractivity contribution in [1.29, 1.82) is 0 Å². The van der Waals surface area contributed by atoms with Crippen LogP contribution in [0.4, 0.5) is 0 Å². The van der Waals surface area contributed by atoms with Crippen LogP contribution >= 0.6 is 0 Å². The Balaban J connectivity index is 2.37. The van der Waals surface area contributed by atoms with Crippen LogP contribution in [0.25, 0.3) is 0 Å². The lowest BCUT2D eigenvalue weighted by Gasteiger charge is -2.15. The van der Waals surface area contributed by atoms with Gasteiger partial charge in [-0.25, -0.2) is 0 Å². The number of hydrogen-bond donors (Lipinski definition) is 3. The molecule has 0 fully saturated rings. The van der Waals surface area contributed by atoms with Gasteiger partial charge in [0, 0.05) is 26.1 Å². The van der Waals surface area contributed by atoms with Crippen LogP contribution in [0.2, 0.25) is 0 Å². The van der Waals surface area contributed by atoms with Crippen LogP contribution in [0.3, 0.4) is 0 Å². The minimum Gasteiger partial charge on any atom is -0.356 e. The molecule has 0 aromatic heterocycles. The smallest absolute Gasteiger partial charge is 0.224 e. The zero-order valence-electron chi connectivity index (χ0n) is 11.9. The van der Waals surface area contributed by atoms with Gasteiger partial charge in [-0.2, -0.15) is 0 Å². The summed E-state index contributed by atoms with van der Waals surface area (Å²) in [5.41, 5.74) is 6.75. The molecule has 0 aliphatic rings. The Morgan fingerprint density at radius 3 is 2.50 bits per heavy atom. The highest BCUT2D eigenvalue weighted by Gasteiger charge is 2.17. The average Bonchev–Trinajstić information content (AvgIpc) is 2.46. The van der Waals surface area contributed by atoms with Crippen molar-refractivity contribution in [2.75, 3.05) is 19.6 Å². The molecule has 5 heteroatoms. The molecule has 0 bridgehead atoms. The molecule has 0 saturated carbocycles. The largest absolute Gasteiger partial charge is 0.356 e. The summed E-state index contributed by atoms with van der Waals surface area (Å²) in [6, 6.07) is 9.77. The lowest BCUT2D eigenvalue weighted by atomic mass is 9.98. The molecule has 1 aromatic carbocycles. The number of carbonyl (C=O) groups is 2. The molecule has 0 aliphatic heterocycles. The maximum absolute atomic E-state index is 12.0. The molecular weight excluding hydrogens is 254 g/mol. The van der Waals surface area contributed by atoms with E-state index in [1.54, 1.807) is 0 Å².